The maximum Gasteiger partial charge on any atom is 0.311 e. The highest BCUT2D eigenvalue weighted by atomic mass is 35.5. The van der Waals surface area contributed by atoms with E-state index in [0.29, 0.717) is 17.0 Å². The third kappa shape index (κ3) is 4.39. The molecule has 0 atom stereocenters. The highest BCUT2D eigenvalue weighted by Crippen LogP contribution is 2.27. The first-order valence-electron chi connectivity index (χ1n) is 8.48. The molecule has 0 fully saturated rings. The minimum absolute atomic E-state index is 0.112. The smallest absolute Gasteiger partial charge is 0.311 e. The summed E-state index contributed by atoms with van der Waals surface area (Å²) >= 11 is 6.15. The topological polar surface area (TPSA) is 121 Å². The summed E-state index contributed by atoms with van der Waals surface area (Å²) in [6.45, 7) is 0. The zero-order valence-corrected chi connectivity index (χ0v) is 16.7. The fraction of sp³-hybridized carbons (Fsp3) is 0.105. The van der Waals surface area contributed by atoms with Gasteiger partial charge >= 0.3 is 5.69 Å². The molecule has 0 aliphatic carbocycles. The van der Waals surface area contributed by atoms with Crippen molar-refractivity contribution in [2.75, 3.05) is 19.6 Å². The van der Waals surface area contributed by atoms with Gasteiger partial charge in [-0.15, -0.1) is 0 Å². The van der Waals surface area contributed by atoms with Gasteiger partial charge in [-0.2, -0.15) is 14.9 Å². The van der Waals surface area contributed by atoms with E-state index in [0.717, 1.165) is 4.68 Å². The molecule has 0 unspecified atom stereocenters. The van der Waals surface area contributed by atoms with Gasteiger partial charge in [-0.3, -0.25) is 20.3 Å². The second-order valence-electron chi connectivity index (χ2n) is 5.85. The van der Waals surface area contributed by atoms with Crippen molar-refractivity contribution in [3.05, 3.63) is 79.7 Å². The fourth-order valence-corrected chi connectivity index (χ4v) is 2.70. The number of nitro benzene ring substituents is 1. The Balaban J connectivity index is 1.81. The first-order chi connectivity index (χ1) is 14.4. The highest BCUT2D eigenvalue weighted by molar-refractivity contribution is 6.32. The maximum atomic E-state index is 12.5. The SMILES string of the molecule is COc1ccc(-n2ncc(N/N=C\c3ccc(OC)c([N+](=O)[O-])c3)c(Cl)c2=O)cc1. The average Bonchev–Trinajstić information content (AvgIpc) is 2.76. The van der Waals surface area contributed by atoms with Crippen molar-refractivity contribution in [3.8, 4) is 17.2 Å². The third-order valence-electron chi connectivity index (χ3n) is 4.03. The maximum absolute atomic E-state index is 12.5. The molecule has 3 rings (SSSR count). The van der Waals surface area contributed by atoms with Crippen molar-refractivity contribution in [3.63, 3.8) is 0 Å². The molecule has 0 spiro atoms. The van der Waals surface area contributed by atoms with Gasteiger partial charge in [0.25, 0.3) is 5.56 Å². The van der Waals surface area contributed by atoms with E-state index >= 15 is 0 Å². The molecule has 0 radical (unpaired) electrons. The van der Waals surface area contributed by atoms with Crippen molar-refractivity contribution in [2.24, 2.45) is 5.10 Å². The Morgan fingerprint density at radius 2 is 1.93 bits per heavy atom. The van der Waals surface area contributed by atoms with Crippen molar-refractivity contribution in [1.29, 1.82) is 0 Å². The summed E-state index contributed by atoms with van der Waals surface area (Å²) in [5.74, 6) is 0.781. The molecule has 0 aliphatic rings. The number of halogens is 1. The Hall–Kier alpha value is -3.92. The van der Waals surface area contributed by atoms with Crippen molar-refractivity contribution in [1.82, 2.24) is 9.78 Å². The molecular formula is C19H16ClN5O5. The standard InChI is InChI=1S/C19H16ClN5O5/c1-29-14-6-4-13(5-7-14)24-19(26)18(20)15(11-22-24)23-21-10-12-3-8-17(30-2)16(9-12)25(27)28/h3-11,23H,1-2H3/b21-10-. The highest BCUT2D eigenvalue weighted by Gasteiger charge is 2.14. The van der Waals surface area contributed by atoms with Crippen LogP contribution in [0.25, 0.3) is 5.69 Å². The molecule has 3 aromatic rings. The van der Waals surface area contributed by atoms with Crippen molar-refractivity contribution >= 4 is 29.2 Å². The lowest BCUT2D eigenvalue weighted by molar-refractivity contribution is -0.385. The second-order valence-corrected chi connectivity index (χ2v) is 6.22. The molecule has 0 amide bonds. The zero-order valence-electron chi connectivity index (χ0n) is 15.9. The molecule has 11 heteroatoms. The molecule has 1 N–H and O–H groups in total. The van der Waals surface area contributed by atoms with Gasteiger partial charge in [0, 0.05) is 11.6 Å². The van der Waals surface area contributed by atoms with Gasteiger partial charge in [0.2, 0.25) is 0 Å². The lowest BCUT2D eigenvalue weighted by Gasteiger charge is -2.08. The largest absolute Gasteiger partial charge is 0.497 e. The number of hydrazone groups is 1. The number of nitrogens with one attached hydrogen (secondary N) is 1. The molecule has 10 nitrogen and oxygen atoms in total. The van der Waals surface area contributed by atoms with E-state index in [1.165, 1.54) is 31.7 Å². The molecule has 30 heavy (non-hydrogen) atoms. The summed E-state index contributed by atoms with van der Waals surface area (Å²) in [5, 5.41) is 19.0. The van der Waals surface area contributed by atoms with E-state index in [1.807, 2.05) is 0 Å². The molecule has 0 aliphatic heterocycles. The number of hydrogen-bond donors (Lipinski definition) is 1. The molecular weight excluding hydrogens is 414 g/mol. The van der Waals surface area contributed by atoms with Gasteiger partial charge in [-0.1, -0.05) is 11.6 Å². The van der Waals surface area contributed by atoms with Crippen LogP contribution in [0.3, 0.4) is 0 Å². The average molecular weight is 430 g/mol. The normalized spacial score (nSPS) is 10.8. The number of anilines is 1. The van der Waals surface area contributed by atoms with E-state index in [1.54, 1.807) is 37.4 Å². The van der Waals surface area contributed by atoms with Crippen LogP contribution < -0.4 is 20.5 Å². The third-order valence-corrected chi connectivity index (χ3v) is 4.40. The Bertz CT molecular complexity index is 1160. The van der Waals surface area contributed by atoms with Crippen LogP contribution >= 0.6 is 11.6 Å². The number of rotatable bonds is 7. The molecule has 1 heterocycles. The van der Waals surface area contributed by atoms with Gasteiger partial charge in [0.1, 0.15) is 16.5 Å². The van der Waals surface area contributed by atoms with E-state index in [2.05, 4.69) is 15.6 Å². The number of ether oxygens (including phenoxy) is 2. The molecule has 0 bridgehead atoms. The zero-order chi connectivity index (χ0) is 21.7. The van der Waals surface area contributed by atoms with Crippen LogP contribution in [0.2, 0.25) is 5.02 Å². The summed E-state index contributed by atoms with van der Waals surface area (Å²) in [6, 6.07) is 11.1. The summed E-state index contributed by atoms with van der Waals surface area (Å²) in [4.78, 5) is 23.1. The Kier molecular flexibility index (Phi) is 6.28. The molecule has 0 saturated heterocycles. The summed E-state index contributed by atoms with van der Waals surface area (Å²) < 4.78 is 11.2. The molecule has 0 saturated carbocycles. The van der Waals surface area contributed by atoms with Crippen LogP contribution in [-0.4, -0.2) is 35.1 Å². The second kappa shape index (κ2) is 9.05. The van der Waals surface area contributed by atoms with Crippen molar-refractivity contribution < 1.29 is 14.4 Å². The summed E-state index contributed by atoms with van der Waals surface area (Å²) in [5.41, 5.74) is 3.04. The summed E-state index contributed by atoms with van der Waals surface area (Å²) in [6.07, 6.45) is 2.69. The first-order valence-corrected chi connectivity index (χ1v) is 8.86. The minimum atomic E-state index is -0.552. The molecule has 2 aromatic carbocycles. The predicted octanol–water partition coefficient (Wildman–Crippen LogP) is 3.26. The number of hydrogen-bond acceptors (Lipinski definition) is 8. The van der Waals surface area contributed by atoms with Crippen LogP contribution in [0.5, 0.6) is 11.5 Å². The monoisotopic (exact) mass is 429 g/mol. The van der Waals surface area contributed by atoms with Crippen LogP contribution in [0.4, 0.5) is 11.4 Å². The number of nitro groups is 1. The van der Waals surface area contributed by atoms with Crippen LogP contribution in [0, 0.1) is 10.1 Å². The van der Waals surface area contributed by atoms with E-state index in [4.69, 9.17) is 21.1 Å². The number of benzene rings is 2. The quantitative estimate of drug-likeness (QED) is 0.347. The lowest BCUT2D eigenvalue weighted by Crippen LogP contribution is -2.22. The van der Waals surface area contributed by atoms with E-state index in [-0.39, 0.29) is 22.1 Å². The number of methoxy groups -OCH3 is 2. The Morgan fingerprint density at radius 3 is 2.57 bits per heavy atom. The van der Waals surface area contributed by atoms with Crippen LogP contribution in [-0.2, 0) is 0 Å². The first kappa shape index (κ1) is 20.8. The van der Waals surface area contributed by atoms with Gasteiger partial charge in [-0.25, -0.2) is 0 Å². The van der Waals surface area contributed by atoms with Gasteiger partial charge < -0.3 is 9.47 Å². The van der Waals surface area contributed by atoms with Crippen LogP contribution in [0.15, 0.2) is 58.6 Å². The van der Waals surface area contributed by atoms with Gasteiger partial charge in [-0.05, 0) is 36.4 Å². The Labute approximate surface area is 175 Å². The Morgan fingerprint density at radius 1 is 1.20 bits per heavy atom. The van der Waals surface area contributed by atoms with Crippen LogP contribution in [0.1, 0.15) is 5.56 Å². The molecule has 1 aromatic heterocycles. The molecule has 154 valence electrons. The van der Waals surface area contributed by atoms with Gasteiger partial charge in [0.05, 0.1) is 37.2 Å². The predicted molar refractivity (Wildman–Crippen MR) is 112 cm³/mol. The lowest BCUT2D eigenvalue weighted by atomic mass is 10.2. The number of nitrogens with zero attached hydrogens (tertiary/aromatic N) is 4. The van der Waals surface area contributed by atoms with Crippen molar-refractivity contribution in [2.45, 2.75) is 0 Å². The fourth-order valence-electron chi connectivity index (χ4n) is 2.52. The minimum Gasteiger partial charge on any atom is -0.497 e. The van der Waals surface area contributed by atoms with E-state index in [9.17, 15) is 14.9 Å². The number of aromatic nitrogens is 2. The van der Waals surface area contributed by atoms with Gasteiger partial charge in [0.15, 0.2) is 5.75 Å². The van der Waals surface area contributed by atoms with E-state index < -0.39 is 10.5 Å². The summed E-state index contributed by atoms with van der Waals surface area (Å²) in [7, 11) is 2.89.